The molecular weight excluding hydrogens is 280 g/mol. The Morgan fingerprint density at radius 3 is 2.23 bits per heavy atom. The van der Waals surface area contributed by atoms with Crippen molar-refractivity contribution in [3.05, 3.63) is 47.8 Å². The third kappa shape index (κ3) is 4.12. The fraction of sp³-hybridized carbons (Fsp3) is 0.250. The number of aromatic nitrogens is 2. The summed E-state index contributed by atoms with van der Waals surface area (Å²) in [4.78, 5) is 23.2. The van der Waals surface area contributed by atoms with Gasteiger partial charge in [-0.25, -0.2) is 0 Å². The summed E-state index contributed by atoms with van der Waals surface area (Å²) in [6.07, 6.45) is 0. The monoisotopic (exact) mass is 298 g/mol. The number of rotatable bonds is 4. The van der Waals surface area contributed by atoms with Gasteiger partial charge < -0.3 is 10.6 Å². The maximum absolute atomic E-state index is 12.1. The standard InChI is InChI=1S/C16H18N4O2/c1-10(2)14-7-8-15(20-19-14)16(22)18-13-6-4-5-12(9-13)17-11(3)21/h4-10H,1-3H3,(H,17,21)(H,18,22). The van der Waals surface area contributed by atoms with Crippen molar-refractivity contribution in [2.24, 2.45) is 0 Å². The molecule has 6 heteroatoms. The first-order valence-corrected chi connectivity index (χ1v) is 6.98. The first kappa shape index (κ1) is 15.6. The summed E-state index contributed by atoms with van der Waals surface area (Å²) >= 11 is 0. The largest absolute Gasteiger partial charge is 0.326 e. The molecule has 114 valence electrons. The molecule has 6 nitrogen and oxygen atoms in total. The van der Waals surface area contributed by atoms with E-state index in [9.17, 15) is 9.59 Å². The Morgan fingerprint density at radius 2 is 1.68 bits per heavy atom. The van der Waals surface area contributed by atoms with E-state index in [1.54, 1.807) is 36.4 Å². The van der Waals surface area contributed by atoms with Gasteiger partial charge in [0.2, 0.25) is 5.91 Å². The highest BCUT2D eigenvalue weighted by atomic mass is 16.2. The number of carbonyl (C=O) groups is 2. The Balaban J connectivity index is 2.09. The van der Waals surface area contributed by atoms with E-state index in [0.717, 1.165) is 5.69 Å². The van der Waals surface area contributed by atoms with Crippen LogP contribution >= 0.6 is 0 Å². The first-order chi connectivity index (χ1) is 10.5. The molecule has 0 aliphatic carbocycles. The quantitative estimate of drug-likeness (QED) is 0.909. The van der Waals surface area contributed by atoms with Gasteiger partial charge in [0.05, 0.1) is 5.69 Å². The van der Waals surface area contributed by atoms with Crippen LogP contribution in [0.5, 0.6) is 0 Å². The van der Waals surface area contributed by atoms with Crippen molar-refractivity contribution in [2.75, 3.05) is 10.6 Å². The number of anilines is 2. The molecular formula is C16H18N4O2. The molecule has 0 atom stereocenters. The van der Waals surface area contributed by atoms with Gasteiger partial charge in [-0.1, -0.05) is 19.9 Å². The molecule has 2 aromatic rings. The van der Waals surface area contributed by atoms with Crippen molar-refractivity contribution in [1.82, 2.24) is 10.2 Å². The second-order valence-corrected chi connectivity index (χ2v) is 5.21. The van der Waals surface area contributed by atoms with Gasteiger partial charge in [-0.2, -0.15) is 5.10 Å². The zero-order chi connectivity index (χ0) is 16.1. The molecule has 0 aliphatic rings. The number of amides is 2. The summed E-state index contributed by atoms with van der Waals surface area (Å²) in [6.45, 7) is 5.45. The predicted molar refractivity (Wildman–Crippen MR) is 84.8 cm³/mol. The fourth-order valence-electron chi connectivity index (χ4n) is 1.84. The van der Waals surface area contributed by atoms with Gasteiger partial charge in [-0.3, -0.25) is 9.59 Å². The van der Waals surface area contributed by atoms with Crippen LogP contribution in [0.4, 0.5) is 11.4 Å². The van der Waals surface area contributed by atoms with Crippen LogP contribution in [0.3, 0.4) is 0 Å². The third-order valence-corrected chi connectivity index (χ3v) is 2.95. The lowest BCUT2D eigenvalue weighted by molar-refractivity contribution is -0.114. The predicted octanol–water partition coefficient (Wildman–Crippen LogP) is 2.81. The van der Waals surface area contributed by atoms with Gasteiger partial charge >= 0.3 is 0 Å². The van der Waals surface area contributed by atoms with Gasteiger partial charge in [0, 0.05) is 18.3 Å². The number of nitrogens with one attached hydrogen (secondary N) is 2. The molecule has 2 rings (SSSR count). The van der Waals surface area contributed by atoms with Crippen LogP contribution in [-0.2, 0) is 4.79 Å². The van der Waals surface area contributed by atoms with Crippen molar-refractivity contribution < 1.29 is 9.59 Å². The number of hydrogen-bond acceptors (Lipinski definition) is 4. The van der Waals surface area contributed by atoms with Gasteiger partial charge in [-0.15, -0.1) is 5.10 Å². The summed E-state index contributed by atoms with van der Waals surface area (Å²) < 4.78 is 0. The van der Waals surface area contributed by atoms with E-state index in [-0.39, 0.29) is 23.4 Å². The zero-order valence-corrected chi connectivity index (χ0v) is 12.8. The molecule has 0 radical (unpaired) electrons. The number of benzene rings is 1. The van der Waals surface area contributed by atoms with Crippen molar-refractivity contribution >= 4 is 23.2 Å². The highest BCUT2D eigenvalue weighted by molar-refractivity contribution is 6.03. The molecule has 0 fully saturated rings. The molecule has 2 amide bonds. The van der Waals surface area contributed by atoms with Crippen molar-refractivity contribution in [1.29, 1.82) is 0 Å². The van der Waals surface area contributed by atoms with E-state index in [0.29, 0.717) is 11.4 Å². The molecule has 0 aliphatic heterocycles. The van der Waals surface area contributed by atoms with Crippen LogP contribution in [0.25, 0.3) is 0 Å². The molecule has 0 saturated heterocycles. The lowest BCUT2D eigenvalue weighted by Gasteiger charge is -2.08. The minimum atomic E-state index is -0.345. The van der Waals surface area contributed by atoms with E-state index >= 15 is 0 Å². The van der Waals surface area contributed by atoms with Crippen LogP contribution in [0.1, 0.15) is 42.9 Å². The molecule has 1 aromatic carbocycles. The Morgan fingerprint density at radius 1 is 1.00 bits per heavy atom. The average molecular weight is 298 g/mol. The number of carbonyl (C=O) groups excluding carboxylic acids is 2. The Labute approximate surface area is 129 Å². The van der Waals surface area contributed by atoms with Crippen LogP contribution in [0.2, 0.25) is 0 Å². The highest BCUT2D eigenvalue weighted by Crippen LogP contribution is 2.16. The van der Waals surface area contributed by atoms with Gasteiger partial charge in [0.25, 0.3) is 5.91 Å². The molecule has 2 N–H and O–H groups in total. The third-order valence-electron chi connectivity index (χ3n) is 2.95. The lowest BCUT2D eigenvalue weighted by Crippen LogP contribution is -2.15. The molecule has 1 aromatic heterocycles. The average Bonchev–Trinajstić information content (AvgIpc) is 2.47. The first-order valence-electron chi connectivity index (χ1n) is 6.98. The number of hydrogen-bond donors (Lipinski definition) is 2. The summed E-state index contributed by atoms with van der Waals surface area (Å²) in [5.41, 5.74) is 2.27. The van der Waals surface area contributed by atoms with Crippen molar-refractivity contribution in [3.63, 3.8) is 0 Å². The zero-order valence-electron chi connectivity index (χ0n) is 12.8. The minimum absolute atomic E-state index is 0.168. The maximum atomic E-state index is 12.1. The molecule has 0 saturated carbocycles. The lowest BCUT2D eigenvalue weighted by atomic mass is 10.1. The van der Waals surface area contributed by atoms with Crippen LogP contribution < -0.4 is 10.6 Å². The fourth-order valence-corrected chi connectivity index (χ4v) is 1.84. The SMILES string of the molecule is CC(=O)Nc1cccc(NC(=O)c2ccc(C(C)C)nn2)c1. The second kappa shape index (κ2) is 6.80. The van der Waals surface area contributed by atoms with Crippen molar-refractivity contribution in [2.45, 2.75) is 26.7 Å². The van der Waals surface area contributed by atoms with Gasteiger partial charge in [-0.05, 0) is 36.2 Å². The van der Waals surface area contributed by atoms with Crippen LogP contribution in [-0.4, -0.2) is 22.0 Å². The van der Waals surface area contributed by atoms with Crippen LogP contribution in [0, 0.1) is 0 Å². The summed E-state index contributed by atoms with van der Waals surface area (Å²) in [7, 11) is 0. The topological polar surface area (TPSA) is 84.0 Å². The van der Waals surface area contributed by atoms with E-state index in [1.807, 2.05) is 13.8 Å². The second-order valence-electron chi connectivity index (χ2n) is 5.21. The molecule has 0 unspecified atom stereocenters. The Kier molecular flexibility index (Phi) is 4.83. The minimum Gasteiger partial charge on any atom is -0.326 e. The van der Waals surface area contributed by atoms with Crippen molar-refractivity contribution in [3.8, 4) is 0 Å². The van der Waals surface area contributed by atoms with E-state index in [1.165, 1.54) is 6.92 Å². The van der Waals surface area contributed by atoms with E-state index in [2.05, 4.69) is 20.8 Å². The molecule has 1 heterocycles. The molecule has 0 spiro atoms. The number of nitrogens with zero attached hydrogens (tertiary/aromatic N) is 2. The van der Waals surface area contributed by atoms with E-state index < -0.39 is 0 Å². The smallest absolute Gasteiger partial charge is 0.276 e. The Hall–Kier alpha value is -2.76. The molecule has 22 heavy (non-hydrogen) atoms. The maximum Gasteiger partial charge on any atom is 0.276 e. The van der Waals surface area contributed by atoms with Crippen LogP contribution in [0.15, 0.2) is 36.4 Å². The normalized spacial score (nSPS) is 10.4. The van der Waals surface area contributed by atoms with Gasteiger partial charge in [0.1, 0.15) is 0 Å². The van der Waals surface area contributed by atoms with Gasteiger partial charge in [0.15, 0.2) is 5.69 Å². The summed E-state index contributed by atoms with van der Waals surface area (Å²) in [5, 5.41) is 13.4. The van der Waals surface area contributed by atoms with E-state index in [4.69, 9.17) is 0 Å². The highest BCUT2D eigenvalue weighted by Gasteiger charge is 2.10. The summed E-state index contributed by atoms with van der Waals surface area (Å²) in [5.74, 6) is -0.250. The molecule has 0 bridgehead atoms. The summed E-state index contributed by atoms with van der Waals surface area (Å²) in [6, 6.07) is 10.3. The Bertz CT molecular complexity index is 681.